The maximum atomic E-state index is 12.0. The van der Waals surface area contributed by atoms with Crippen LogP contribution in [0.25, 0.3) is 21.8 Å². The molecule has 4 heteroatoms. The molecule has 2 N–H and O–H groups in total. The zero-order valence-corrected chi connectivity index (χ0v) is 14.4. The van der Waals surface area contributed by atoms with E-state index in [4.69, 9.17) is 11.0 Å². The zero-order chi connectivity index (χ0) is 18.3. The Morgan fingerprint density at radius 1 is 1.08 bits per heavy atom. The van der Waals surface area contributed by atoms with Crippen LogP contribution in [0.4, 0.5) is 0 Å². The van der Waals surface area contributed by atoms with Gasteiger partial charge < -0.3 is 10.3 Å². The minimum atomic E-state index is -0.429. The Labute approximate surface area is 151 Å². The third-order valence-electron chi connectivity index (χ3n) is 4.71. The van der Waals surface area contributed by atoms with E-state index in [0.29, 0.717) is 17.7 Å². The Morgan fingerprint density at radius 2 is 1.88 bits per heavy atom. The normalized spacial score (nSPS) is 10.9. The van der Waals surface area contributed by atoms with Crippen molar-refractivity contribution in [3.05, 3.63) is 82.9 Å². The molecule has 1 aromatic heterocycles. The first-order valence-corrected chi connectivity index (χ1v) is 8.39. The Balaban J connectivity index is 2.03. The van der Waals surface area contributed by atoms with Gasteiger partial charge in [-0.25, -0.2) is 0 Å². The van der Waals surface area contributed by atoms with E-state index in [0.717, 1.165) is 32.9 Å². The summed E-state index contributed by atoms with van der Waals surface area (Å²) in [7, 11) is 0. The Morgan fingerprint density at radius 3 is 2.65 bits per heavy atom. The molecule has 0 saturated carbocycles. The second-order valence-electron chi connectivity index (χ2n) is 6.48. The Bertz CT molecular complexity index is 1210. The summed E-state index contributed by atoms with van der Waals surface area (Å²) in [4.78, 5) is 12.0. The number of primary amides is 1. The predicted molar refractivity (Wildman–Crippen MR) is 103 cm³/mol. The number of carbonyl (C=O) groups is 1. The van der Waals surface area contributed by atoms with Gasteiger partial charge in [0, 0.05) is 28.4 Å². The van der Waals surface area contributed by atoms with Gasteiger partial charge in [0.25, 0.3) is 0 Å². The molecule has 0 saturated heterocycles. The molecule has 4 nitrogen and oxygen atoms in total. The third kappa shape index (κ3) is 2.51. The molecule has 0 fully saturated rings. The fourth-order valence-electron chi connectivity index (χ4n) is 3.55. The zero-order valence-electron chi connectivity index (χ0n) is 14.4. The van der Waals surface area contributed by atoms with E-state index in [1.165, 1.54) is 0 Å². The number of nitrogens with two attached hydrogens (primary N) is 1. The molecule has 4 aromatic rings. The smallest absolute Gasteiger partial charge is 0.249 e. The molecule has 0 radical (unpaired) electrons. The van der Waals surface area contributed by atoms with Crippen molar-refractivity contribution in [1.29, 1.82) is 5.26 Å². The molecule has 0 aliphatic heterocycles. The molecule has 4 rings (SSSR count). The fraction of sp³-hybridized carbons (Fsp3) is 0.0909. The van der Waals surface area contributed by atoms with E-state index in [1.807, 2.05) is 49.4 Å². The summed E-state index contributed by atoms with van der Waals surface area (Å²) in [5, 5.41) is 11.0. The number of amides is 1. The van der Waals surface area contributed by atoms with E-state index < -0.39 is 5.91 Å². The van der Waals surface area contributed by atoms with E-state index in [1.54, 1.807) is 12.1 Å². The minimum Gasteiger partial charge on any atom is -0.366 e. The molecular weight excluding hydrogens is 322 g/mol. The van der Waals surface area contributed by atoms with Crippen LogP contribution in [0.3, 0.4) is 0 Å². The van der Waals surface area contributed by atoms with Crippen LogP contribution in [0.2, 0.25) is 0 Å². The maximum absolute atomic E-state index is 12.0. The number of carbonyl (C=O) groups excluding carboxylic acids is 1. The Hall–Kier alpha value is -3.58. The lowest BCUT2D eigenvalue weighted by Crippen LogP contribution is -2.11. The van der Waals surface area contributed by atoms with Gasteiger partial charge in [0.15, 0.2) is 0 Å². The number of nitrogens with zero attached hydrogens (tertiary/aromatic N) is 2. The van der Waals surface area contributed by atoms with Crippen molar-refractivity contribution in [3.63, 3.8) is 0 Å². The molecule has 3 aromatic carbocycles. The van der Waals surface area contributed by atoms with Gasteiger partial charge in [0.1, 0.15) is 0 Å². The molecule has 126 valence electrons. The predicted octanol–water partition coefficient (Wildman–Crippen LogP) is 4.12. The van der Waals surface area contributed by atoms with E-state index in [9.17, 15) is 4.79 Å². The quantitative estimate of drug-likeness (QED) is 0.610. The highest BCUT2D eigenvalue weighted by Crippen LogP contribution is 2.33. The average Bonchev–Trinajstić information content (AvgIpc) is 2.95. The van der Waals surface area contributed by atoms with Crippen LogP contribution < -0.4 is 5.73 Å². The van der Waals surface area contributed by atoms with Crippen LogP contribution >= 0.6 is 0 Å². The van der Waals surface area contributed by atoms with Crippen LogP contribution in [0.15, 0.2) is 60.7 Å². The first kappa shape index (κ1) is 15.9. The summed E-state index contributed by atoms with van der Waals surface area (Å²) >= 11 is 0. The number of hydrogen-bond acceptors (Lipinski definition) is 2. The molecule has 0 aliphatic carbocycles. The molecule has 0 bridgehead atoms. The average molecular weight is 339 g/mol. The van der Waals surface area contributed by atoms with E-state index in [-0.39, 0.29) is 0 Å². The van der Waals surface area contributed by atoms with Crippen LogP contribution in [0.1, 0.15) is 27.0 Å². The number of rotatable bonds is 3. The van der Waals surface area contributed by atoms with Gasteiger partial charge in [-0.05, 0) is 48.4 Å². The van der Waals surface area contributed by atoms with Crippen molar-refractivity contribution < 1.29 is 4.79 Å². The number of aryl methyl sites for hydroxylation is 1. The molecule has 1 amide bonds. The lowest BCUT2D eigenvalue weighted by molar-refractivity contribution is 0.100. The van der Waals surface area contributed by atoms with Crippen LogP contribution in [-0.4, -0.2) is 10.5 Å². The number of nitriles is 1. The van der Waals surface area contributed by atoms with Crippen molar-refractivity contribution >= 4 is 27.7 Å². The van der Waals surface area contributed by atoms with Gasteiger partial charge >= 0.3 is 0 Å². The number of aromatic nitrogens is 1. The van der Waals surface area contributed by atoms with Gasteiger partial charge in [0.05, 0.1) is 17.1 Å². The summed E-state index contributed by atoms with van der Waals surface area (Å²) in [6.45, 7) is 2.66. The highest BCUT2D eigenvalue weighted by atomic mass is 16.1. The second kappa shape index (κ2) is 6.05. The highest BCUT2D eigenvalue weighted by Gasteiger charge is 2.16. The van der Waals surface area contributed by atoms with Crippen molar-refractivity contribution in [2.45, 2.75) is 13.5 Å². The van der Waals surface area contributed by atoms with Gasteiger partial charge in [0.2, 0.25) is 5.91 Å². The van der Waals surface area contributed by atoms with E-state index >= 15 is 0 Å². The van der Waals surface area contributed by atoms with Gasteiger partial charge in [-0.2, -0.15) is 5.26 Å². The topological polar surface area (TPSA) is 71.8 Å². The van der Waals surface area contributed by atoms with Crippen molar-refractivity contribution in [2.75, 3.05) is 0 Å². The summed E-state index contributed by atoms with van der Waals surface area (Å²) < 4.78 is 2.18. The SMILES string of the molecule is Cc1ccc2c3c(C(N)=O)cccc3n(Cc3cccc(C#N)c3)c2c1. The molecular formula is C22H17N3O. The molecule has 0 aliphatic rings. The molecule has 0 spiro atoms. The molecule has 26 heavy (non-hydrogen) atoms. The summed E-state index contributed by atoms with van der Waals surface area (Å²) in [5.74, 6) is -0.429. The fourth-order valence-corrected chi connectivity index (χ4v) is 3.55. The first-order chi connectivity index (χ1) is 12.6. The van der Waals surface area contributed by atoms with E-state index in [2.05, 4.69) is 16.7 Å². The van der Waals surface area contributed by atoms with Crippen LogP contribution in [0, 0.1) is 18.3 Å². The monoisotopic (exact) mass is 339 g/mol. The largest absolute Gasteiger partial charge is 0.366 e. The Kier molecular flexibility index (Phi) is 3.70. The minimum absolute atomic E-state index is 0.429. The summed E-state index contributed by atoms with van der Waals surface area (Å²) in [6.07, 6.45) is 0. The summed E-state index contributed by atoms with van der Waals surface area (Å²) in [6, 6.07) is 21.6. The van der Waals surface area contributed by atoms with Gasteiger partial charge in [-0.3, -0.25) is 4.79 Å². The van der Waals surface area contributed by atoms with Crippen LogP contribution in [0.5, 0.6) is 0 Å². The number of fused-ring (bicyclic) bond motifs is 3. The van der Waals surface area contributed by atoms with Crippen LogP contribution in [-0.2, 0) is 6.54 Å². The van der Waals surface area contributed by atoms with Crippen molar-refractivity contribution in [3.8, 4) is 6.07 Å². The summed E-state index contributed by atoms with van der Waals surface area (Å²) in [5.41, 5.74) is 11.0. The van der Waals surface area contributed by atoms with Crippen molar-refractivity contribution in [1.82, 2.24) is 4.57 Å². The third-order valence-corrected chi connectivity index (χ3v) is 4.71. The first-order valence-electron chi connectivity index (χ1n) is 8.39. The molecule has 0 unspecified atom stereocenters. The van der Waals surface area contributed by atoms with Gasteiger partial charge in [-0.15, -0.1) is 0 Å². The standard InChI is InChI=1S/C22H17N3O/c1-14-8-9-17-20(10-14)25(13-16-5-2-4-15(11-16)12-23)19-7-3-6-18(21(17)19)22(24)26/h2-11H,13H2,1H3,(H2,24,26). The maximum Gasteiger partial charge on any atom is 0.249 e. The van der Waals surface area contributed by atoms with Crippen molar-refractivity contribution in [2.24, 2.45) is 5.73 Å². The second-order valence-corrected chi connectivity index (χ2v) is 6.48. The lowest BCUT2D eigenvalue weighted by atomic mass is 10.1. The number of hydrogen-bond donors (Lipinski definition) is 1. The molecule has 0 atom stereocenters. The lowest BCUT2D eigenvalue weighted by Gasteiger charge is -2.09. The molecule has 1 heterocycles. The van der Waals surface area contributed by atoms with Gasteiger partial charge in [-0.1, -0.05) is 30.3 Å². The highest BCUT2D eigenvalue weighted by molar-refractivity contribution is 6.17. The number of benzene rings is 3.